The first-order valence-corrected chi connectivity index (χ1v) is 6.85. The summed E-state index contributed by atoms with van der Waals surface area (Å²) in [4.78, 5) is 32.8. The SMILES string of the molecule is C=C(C)C(=O)CCCCCCCC(=O)CCC(=O)O. The van der Waals surface area contributed by atoms with Crippen molar-refractivity contribution in [2.45, 2.75) is 64.7 Å². The van der Waals surface area contributed by atoms with Crippen LogP contribution in [0.2, 0.25) is 0 Å². The molecular formula is C15H24O4. The molecule has 0 saturated carbocycles. The maximum atomic E-state index is 11.3. The molecule has 0 aliphatic heterocycles. The Kier molecular flexibility index (Phi) is 9.67. The number of Topliss-reactive ketones (excluding diaryl/α,β-unsaturated/α-hetero) is 2. The Balaban J connectivity index is 3.36. The van der Waals surface area contributed by atoms with Gasteiger partial charge in [-0.1, -0.05) is 25.8 Å². The first-order valence-electron chi connectivity index (χ1n) is 6.85. The van der Waals surface area contributed by atoms with Crippen molar-refractivity contribution in [1.29, 1.82) is 0 Å². The smallest absolute Gasteiger partial charge is 0.303 e. The van der Waals surface area contributed by atoms with Crippen molar-refractivity contribution < 1.29 is 19.5 Å². The Labute approximate surface area is 114 Å². The normalized spacial score (nSPS) is 10.2. The van der Waals surface area contributed by atoms with Crippen LogP contribution in [0.15, 0.2) is 12.2 Å². The number of unbranched alkanes of at least 4 members (excludes halogenated alkanes) is 4. The number of rotatable bonds is 12. The van der Waals surface area contributed by atoms with Crippen LogP contribution in [0.4, 0.5) is 0 Å². The van der Waals surface area contributed by atoms with Gasteiger partial charge in [0.1, 0.15) is 5.78 Å². The van der Waals surface area contributed by atoms with Crippen LogP contribution < -0.4 is 0 Å². The summed E-state index contributed by atoms with van der Waals surface area (Å²) in [7, 11) is 0. The predicted octanol–water partition coefficient (Wildman–Crippen LogP) is 3.30. The minimum atomic E-state index is -0.921. The van der Waals surface area contributed by atoms with Crippen LogP contribution in [0.5, 0.6) is 0 Å². The highest BCUT2D eigenvalue weighted by molar-refractivity contribution is 5.93. The van der Waals surface area contributed by atoms with Gasteiger partial charge in [0.25, 0.3) is 0 Å². The quantitative estimate of drug-likeness (QED) is 0.435. The fourth-order valence-electron chi connectivity index (χ4n) is 1.72. The molecule has 0 atom stereocenters. The van der Waals surface area contributed by atoms with E-state index in [-0.39, 0.29) is 24.4 Å². The van der Waals surface area contributed by atoms with E-state index in [2.05, 4.69) is 6.58 Å². The molecule has 108 valence electrons. The number of carbonyl (C=O) groups excluding carboxylic acids is 2. The van der Waals surface area contributed by atoms with E-state index in [0.717, 1.165) is 32.1 Å². The maximum Gasteiger partial charge on any atom is 0.303 e. The van der Waals surface area contributed by atoms with Crippen molar-refractivity contribution in [2.24, 2.45) is 0 Å². The van der Waals surface area contributed by atoms with Crippen molar-refractivity contribution >= 4 is 17.5 Å². The van der Waals surface area contributed by atoms with E-state index in [1.807, 2.05) is 0 Å². The lowest BCUT2D eigenvalue weighted by Crippen LogP contribution is -2.03. The van der Waals surface area contributed by atoms with Gasteiger partial charge in [0, 0.05) is 19.3 Å². The largest absolute Gasteiger partial charge is 0.481 e. The molecule has 0 aromatic heterocycles. The van der Waals surface area contributed by atoms with E-state index in [1.165, 1.54) is 0 Å². The molecule has 0 aliphatic rings. The molecule has 0 unspecified atom stereocenters. The van der Waals surface area contributed by atoms with Gasteiger partial charge < -0.3 is 5.11 Å². The summed E-state index contributed by atoms with van der Waals surface area (Å²) in [5.74, 6) is -0.765. The molecule has 1 N–H and O–H groups in total. The Bertz CT molecular complexity index is 331. The third-order valence-electron chi connectivity index (χ3n) is 2.95. The molecule has 4 nitrogen and oxygen atoms in total. The molecule has 0 aromatic rings. The molecule has 0 bridgehead atoms. The maximum absolute atomic E-state index is 11.3. The second-order valence-corrected chi connectivity index (χ2v) is 4.90. The summed E-state index contributed by atoms with van der Waals surface area (Å²) in [6.07, 6.45) is 5.75. The van der Waals surface area contributed by atoms with Gasteiger partial charge in [-0.05, 0) is 25.3 Å². The minimum absolute atomic E-state index is 0.0276. The highest BCUT2D eigenvalue weighted by Gasteiger charge is 2.05. The molecular weight excluding hydrogens is 244 g/mol. The number of hydrogen-bond acceptors (Lipinski definition) is 3. The monoisotopic (exact) mass is 268 g/mol. The Morgan fingerprint density at radius 3 is 1.89 bits per heavy atom. The Morgan fingerprint density at radius 2 is 1.37 bits per heavy atom. The van der Waals surface area contributed by atoms with E-state index in [9.17, 15) is 14.4 Å². The van der Waals surface area contributed by atoms with Crippen molar-refractivity contribution in [3.05, 3.63) is 12.2 Å². The van der Waals surface area contributed by atoms with Crippen LogP contribution in [0.1, 0.15) is 64.7 Å². The van der Waals surface area contributed by atoms with E-state index in [0.29, 0.717) is 18.4 Å². The first-order chi connectivity index (χ1) is 8.93. The molecule has 0 rings (SSSR count). The molecule has 0 radical (unpaired) electrons. The fraction of sp³-hybridized carbons (Fsp3) is 0.667. The topological polar surface area (TPSA) is 71.4 Å². The van der Waals surface area contributed by atoms with Crippen molar-refractivity contribution in [2.75, 3.05) is 0 Å². The summed E-state index contributed by atoms with van der Waals surface area (Å²) < 4.78 is 0. The third kappa shape index (κ3) is 11.4. The zero-order valence-electron chi connectivity index (χ0n) is 11.7. The molecule has 0 spiro atoms. The third-order valence-corrected chi connectivity index (χ3v) is 2.95. The molecule has 0 aliphatic carbocycles. The zero-order valence-corrected chi connectivity index (χ0v) is 11.7. The van der Waals surface area contributed by atoms with Gasteiger partial charge >= 0.3 is 5.97 Å². The van der Waals surface area contributed by atoms with Crippen LogP contribution in [-0.2, 0) is 14.4 Å². The highest BCUT2D eigenvalue weighted by Crippen LogP contribution is 2.10. The molecule has 0 fully saturated rings. The summed E-state index contributed by atoms with van der Waals surface area (Å²) in [6.45, 7) is 5.33. The Hall–Kier alpha value is -1.45. The van der Waals surface area contributed by atoms with Crippen LogP contribution in [-0.4, -0.2) is 22.6 Å². The van der Waals surface area contributed by atoms with E-state index >= 15 is 0 Å². The molecule has 0 amide bonds. The van der Waals surface area contributed by atoms with E-state index in [4.69, 9.17) is 5.11 Å². The second kappa shape index (κ2) is 10.5. The average Bonchev–Trinajstić information content (AvgIpc) is 2.34. The summed E-state index contributed by atoms with van der Waals surface area (Å²) >= 11 is 0. The minimum Gasteiger partial charge on any atom is -0.481 e. The van der Waals surface area contributed by atoms with Gasteiger partial charge in [-0.2, -0.15) is 0 Å². The van der Waals surface area contributed by atoms with Crippen molar-refractivity contribution in [3.63, 3.8) is 0 Å². The number of aliphatic carboxylic acids is 1. The van der Waals surface area contributed by atoms with Crippen LogP contribution in [0.25, 0.3) is 0 Å². The van der Waals surface area contributed by atoms with Gasteiger partial charge in [-0.25, -0.2) is 0 Å². The van der Waals surface area contributed by atoms with Crippen LogP contribution >= 0.6 is 0 Å². The molecule has 4 heteroatoms. The fourth-order valence-corrected chi connectivity index (χ4v) is 1.72. The number of carboxylic acid groups (broad SMARTS) is 1. The lowest BCUT2D eigenvalue weighted by atomic mass is 10.0. The number of ketones is 2. The molecule has 19 heavy (non-hydrogen) atoms. The highest BCUT2D eigenvalue weighted by atomic mass is 16.4. The number of carboxylic acids is 1. The molecule has 0 saturated heterocycles. The lowest BCUT2D eigenvalue weighted by molar-refractivity contribution is -0.138. The van der Waals surface area contributed by atoms with Crippen molar-refractivity contribution in [3.8, 4) is 0 Å². The van der Waals surface area contributed by atoms with Crippen LogP contribution in [0, 0.1) is 0 Å². The van der Waals surface area contributed by atoms with Gasteiger partial charge in [-0.3, -0.25) is 14.4 Å². The van der Waals surface area contributed by atoms with Gasteiger partial charge in [0.2, 0.25) is 0 Å². The predicted molar refractivity (Wildman–Crippen MR) is 74.0 cm³/mol. The summed E-state index contributed by atoms with van der Waals surface area (Å²) in [6, 6.07) is 0. The average molecular weight is 268 g/mol. The standard InChI is InChI=1S/C15H24O4/c1-12(2)14(17)9-7-5-3-4-6-8-13(16)10-11-15(18)19/h1,3-11H2,2H3,(H,18,19). The van der Waals surface area contributed by atoms with Gasteiger partial charge in [0.15, 0.2) is 5.78 Å². The number of allylic oxidation sites excluding steroid dienone is 1. The second-order valence-electron chi connectivity index (χ2n) is 4.90. The number of carbonyl (C=O) groups is 3. The van der Waals surface area contributed by atoms with Crippen molar-refractivity contribution in [1.82, 2.24) is 0 Å². The molecule has 0 heterocycles. The first kappa shape index (κ1) is 17.6. The van der Waals surface area contributed by atoms with E-state index < -0.39 is 5.97 Å². The Morgan fingerprint density at radius 1 is 0.842 bits per heavy atom. The van der Waals surface area contributed by atoms with Gasteiger partial charge in [0.05, 0.1) is 6.42 Å². The molecule has 0 aromatic carbocycles. The zero-order chi connectivity index (χ0) is 14.7. The lowest BCUT2D eigenvalue weighted by Gasteiger charge is -2.02. The van der Waals surface area contributed by atoms with E-state index in [1.54, 1.807) is 6.92 Å². The number of hydrogen-bond donors (Lipinski definition) is 1. The summed E-state index contributed by atoms with van der Waals surface area (Å²) in [5, 5.41) is 8.43. The summed E-state index contributed by atoms with van der Waals surface area (Å²) in [5.41, 5.74) is 0.615. The van der Waals surface area contributed by atoms with Crippen LogP contribution in [0.3, 0.4) is 0 Å². The van der Waals surface area contributed by atoms with Gasteiger partial charge in [-0.15, -0.1) is 0 Å².